The summed E-state index contributed by atoms with van der Waals surface area (Å²) in [4.78, 5) is 17.6. The molecule has 0 aliphatic carbocycles. The predicted molar refractivity (Wildman–Crippen MR) is 79.0 cm³/mol. The van der Waals surface area contributed by atoms with Crippen LogP contribution < -0.4 is 0 Å². The number of aromatic nitrogens is 2. The Labute approximate surface area is 122 Å². The van der Waals surface area contributed by atoms with Crippen LogP contribution in [0.25, 0.3) is 10.9 Å². The number of amides is 1. The van der Waals surface area contributed by atoms with Crippen molar-refractivity contribution in [2.24, 2.45) is 11.8 Å². The van der Waals surface area contributed by atoms with Crippen molar-refractivity contribution in [2.75, 3.05) is 26.2 Å². The van der Waals surface area contributed by atoms with Crippen LogP contribution in [0.15, 0.2) is 24.3 Å². The Morgan fingerprint density at radius 2 is 2.14 bits per heavy atom. The summed E-state index contributed by atoms with van der Waals surface area (Å²) in [5, 5.41) is 8.20. The number of para-hydroxylation sites is 1. The van der Waals surface area contributed by atoms with Crippen LogP contribution in [-0.2, 0) is 0 Å². The molecule has 4 fully saturated rings. The van der Waals surface area contributed by atoms with Crippen molar-refractivity contribution in [3.8, 4) is 0 Å². The molecule has 4 bridgehead atoms. The molecule has 21 heavy (non-hydrogen) atoms. The molecule has 2 aromatic rings. The Hall–Kier alpha value is -1.88. The molecule has 5 nitrogen and oxygen atoms in total. The normalized spacial score (nSPS) is 33.8. The average Bonchev–Trinajstić information content (AvgIpc) is 3.06. The maximum Gasteiger partial charge on any atom is 0.275 e. The first-order valence-corrected chi connectivity index (χ1v) is 7.78. The van der Waals surface area contributed by atoms with Crippen molar-refractivity contribution in [3.63, 3.8) is 0 Å². The van der Waals surface area contributed by atoms with Gasteiger partial charge in [-0.2, -0.15) is 5.10 Å². The van der Waals surface area contributed by atoms with E-state index in [1.165, 1.54) is 19.5 Å². The number of aromatic amines is 1. The van der Waals surface area contributed by atoms with E-state index in [1.54, 1.807) is 0 Å². The van der Waals surface area contributed by atoms with E-state index in [9.17, 15) is 4.79 Å². The zero-order chi connectivity index (χ0) is 14.0. The lowest BCUT2D eigenvalue weighted by molar-refractivity contribution is 0.0420. The molecule has 1 aromatic carbocycles. The van der Waals surface area contributed by atoms with Crippen molar-refractivity contribution in [1.82, 2.24) is 20.0 Å². The molecule has 5 heterocycles. The largest absolute Gasteiger partial charge is 0.332 e. The Kier molecular flexibility index (Phi) is 2.28. The van der Waals surface area contributed by atoms with Crippen molar-refractivity contribution < 1.29 is 4.79 Å². The van der Waals surface area contributed by atoms with Crippen LogP contribution >= 0.6 is 0 Å². The number of piperidine rings is 3. The smallest absolute Gasteiger partial charge is 0.275 e. The van der Waals surface area contributed by atoms with E-state index in [1.807, 2.05) is 24.3 Å². The van der Waals surface area contributed by atoms with Crippen molar-refractivity contribution in [3.05, 3.63) is 30.0 Å². The predicted octanol–water partition coefficient (Wildman–Crippen LogP) is 1.34. The summed E-state index contributed by atoms with van der Waals surface area (Å²) in [5.41, 5.74) is 1.53. The van der Waals surface area contributed by atoms with Gasteiger partial charge in [0.15, 0.2) is 5.69 Å². The second-order valence-electron chi connectivity index (χ2n) is 6.61. The number of fused-ring (bicyclic) bond motifs is 2. The van der Waals surface area contributed by atoms with E-state index in [4.69, 9.17) is 0 Å². The second-order valence-corrected chi connectivity index (χ2v) is 6.61. The number of hydrogen-bond acceptors (Lipinski definition) is 3. The molecule has 4 aliphatic rings. The summed E-state index contributed by atoms with van der Waals surface area (Å²) in [6.07, 6.45) is 1.25. The first-order valence-electron chi connectivity index (χ1n) is 7.78. The van der Waals surface area contributed by atoms with Crippen LogP contribution in [0, 0.1) is 11.8 Å². The molecular weight excluding hydrogens is 264 g/mol. The lowest BCUT2D eigenvalue weighted by Gasteiger charge is -2.44. The Bertz CT molecular complexity index is 724. The van der Waals surface area contributed by atoms with Gasteiger partial charge in [-0.15, -0.1) is 0 Å². The van der Waals surface area contributed by atoms with Crippen molar-refractivity contribution in [2.45, 2.75) is 12.5 Å². The number of carbonyl (C=O) groups excluding carboxylic acids is 1. The number of nitrogens with one attached hydrogen (secondary N) is 1. The first kappa shape index (κ1) is 11.7. The highest BCUT2D eigenvalue weighted by Crippen LogP contribution is 2.42. The van der Waals surface area contributed by atoms with Gasteiger partial charge in [0.1, 0.15) is 0 Å². The molecule has 108 valence electrons. The number of carbonyl (C=O) groups is 1. The number of H-pyrrole nitrogens is 1. The molecule has 3 unspecified atom stereocenters. The van der Waals surface area contributed by atoms with E-state index in [2.05, 4.69) is 20.0 Å². The highest BCUT2D eigenvalue weighted by atomic mass is 16.2. The van der Waals surface area contributed by atoms with Gasteiger partial charge in [-0.05, 0) is 30.9 Å². The molecule has 1 amide bonds. The van der Waals surface area contributed by atoms with E-state index in [0.29, 0.717) is 23.6 Å². The highest BCUT2D eigenvalue weighted by Gasteiger charge is 2.51. The Balaban J connectivity index is 1.52. The highest BCUT2D eigenvalue weighted by molar-refractivity contribution is 6.04. The van der Waals surface area contributed by atoms with Crippen LogP contribution in [0.4, 0.5) is 0 Å². The monoisotopic (exact) mass is 282 g/mol. The molecule has 1 N–H and O–H groups in total. The molecule has 1 aromatic heterocycles. The lowest BCUT2D eigenvalue weighted by Crippen LogP contribution is -2.54. The number of hydrogen-bond donors (Lipinski definition) is 1. The molecule has 0 saturated carbocycles. The van der Waals surface area contributed by atoms with Gasteiger partial charge in [0.25, 0.3) is 5.91 Å². The average molecular weight is 282 g/mol. The third kappa shape index (κ3) is 1.55. The minimum Gasteiger partial charge on any atom is -0.332 e. The maximum atomic E-state index is 13.0. The summed E-state index contributed by atoms with van der Waals surface area (Å²) < 4.78 is 0. The van der Waals surface area contributed by atoms with Crippen LogP contribution in [0.2, 0.25) is 0 Å². The third-order valence-electron chi connectivity index (χ3n) is 5.58. The van der Waals surface area contributed by atoms with E-state index < -0.39 is 0 Å². The standard InChI is InChI=1S/C16H18N4O/c21-16(15-12-3-1-2-4-13(12)17-18-15)20-8-10-7-19-6-5-11(10)14(20)9-19/h1-4,10-11,14H,5-9H2,(H,17,18)/t10-,11?,14?/m0/s1. The zero-order valence-corrected chi connectivity index (χ0v) is 11.8. The molecule has 4 saturated heterocycles. The van der Waals surface area contributed by atoms with Gasteiger partial charge >= 0.3 is 0 Å². The number of rotatable bonds is 1. The first-order chi connectivity index (χ1) is 10.3. The van der Waals surface area contributed by atoms with Gasteiger partial charge in [-0.3, -0.25) is 9.89 Å². The van der Waals surface area contributed by atoms with Crippen LogP contribution in [0.5, 0.6) is 0 Å². The fraction of sp³-hybridized carbons (Fsp3) is 0.500. The Morgan fingerprint density at radius 1 is 1.24 bits per heavy atom. The molecule has 4 aliphatic heterocycles. The zero-order valence-electron chi connectivity index (χ0n) is 11.8. The molecular formula is C16H18N4O. The van der Waals surface area contributed by atoms with Crippen LogP contribution in [-0.4, -0.2) is 58.1 Å². The third-order valence-corrected chi connectivity index (χ3v) is 5.58. The fourth-order valence-corrected chi connectivity index (χ4v) is 4.60. The van der Waals surface area contributed by atoms with Gasteiger partial charge < -0.3 is 9.80 Å². The molecule has 0 radical (unpaired) electrons. The van der Waals surface area contributed by atoms with Gasteiger partial charge in [-0.25, -0.2) is 0 Å². The van der Waals surface area contributed by atoms with Gasteiger partial charge in [0, 0.05) is 31.1 Å². The fourth-order valence-electron chi connectivity index (χ4n) is 4.60. The quantitative estimate of drug-likeness (QED) is 0.859. The van der Waals surface area contributed by atoms with Gasteiger partial charge in [-0.1, -0.05) is 18.2 Å². The SMILES string of the molecule is O=C(c1n[nH]c2ccccc12)N1C[C@@H]2CN3CCC2C1C3. The minimum absolute atomic E-state index is 0.105. The Morgan fingerprint density at radius 3 is 3.00 bits per heavy atom. The van der Waals surface area contributed by atoms with Gasteiger partial charge in [0.2, 0.25) is 0 Å². The minimum atomic E-state index is 0.105. The number of benzene rings is 1. The van der Waals surface area contributed by atoms with Crippen molar-refractivity contribution >= 4 is 16.8 Å². The van der Waals surface area contributed by atoms with Crippen LogP contribution in [0.1, 0.15) is 16.9 Å². The summed E-state index contributed by atoms with van der Waals surface area (Å²) >= 11 is 0. The summed E-state index contributed by atoms with van der Waals surface area (Å²) in [6.45, 7) is 4.35. The summed E-state index contributed by atoms with van der Waals surface area (Å²) in [7, 11) is 0. The van der Waals surface area contributed by atoms with Crippen LogP contribution in [0.3, 0.4) is 0 Å². The molecule has 4 atom stereocenters. The summed E-state index contributed by atoms with van der Waals surface area (Å²) in [5.74, 6) is 1.49. The number of nitrogens with zero attached hydrogens (tertiary/aromatic N) is 3. The molecule has 6 rings (SSSR count). The second kappa shape index (κ2) is 4.07. The van der Waals surface area contributed by atoms with E-state index in [0.717, 1.165) is 24.0 Å². The molecule has 0 spiro atoms. The van der Waals surface area contributed by atoms with E-state index >= 15 is 0 Å². The number of likely N-dealkylation sites (tertiary alicyclic amines) is 1. The maximum absolute atomic E-state index is 13.0. The topological polar surface area (TPSA) is 52.2 Å². The van der Waals surface area contributed by atoms with E-state index in [-0.39, 0.29) is 5.91 Å². The lowest BCUT2D eigenvalue weighted by atomic mass is 9.80. The molecule has 5 heteroatoms. The summed E-state index contributed by atoms with van der Waals surface area (Å²) in [6, 6.07) is 8.27. The van der Waals surface area contributed by atoms with Crippen molar-refractivity contribution in [1.29, 1.82) is 0 Å². The van der Waals surface area contributed by atoms with Gasteiger partial charge in [0.05, 0.1) is 5.52 Å².